The van der Waals surface area contributed by atoms with Gasteiger partial charge in [-0.25, -0.2) is 0 Å². The molecule has 2 unspecified atom stereocenters. The van der Waals surface area contributed by atoms with E-state index in [2.05, 4.69) is 12.2 Å². The summed E-state index contributed by atoms with van der Waals surface area (Å²) in [6.45, 7) is 4.33. The summed E-state index contributed by atoms with van der Waals surface area (Å²) in [7, 11) is 0. The molecule has 0 aromatic rings. The Bertz CT molecular complexity index is 146. The van der Waals surface area contributed by atoms with E-state index in [1.807, 2.05) is 0 Å². The molecule has 1 aliphatic carbocycles. The van der Waals surface area contributed by atoms with Crippen LogP contribution in [0.5, 0.6) is 0 Å². The first-order valence-corrected chi connectivity index (χ1v) is 5.71. The number of hydrogen-bond acceptors (Lipinski definition) is 2. The summed E-state index contributed by atoms with van der Waals surface area (Å²) >= 11 is 0. The number of hydrogen-bond donors (Lipinski definition) is 1. The quantitative estimate of drug-likeness (QED) is 0.672. The van der Waals surface area contributed by atoms with Crippen LogP contribution in [0.4, 0.5) is 0 Å². The van der Waals surface area contributed by atoms with Gasteiger partial charge in [0.05, 0.1) is 6.61 Å². The molecule has 2 atom stereocenters. The average Bonchev–Trinajstić information content (AvgIpc) is 2.20. The van der Waals surface area contributed by atoms with Crippen LogP contribution >= 0.6 is 0 Å². The van der Waals surface area contributed by atoms with Crippen LogP contribution in [0.15, 0.2) is 0 Å². The molecule has 1 aliphatic heterocycles. The van der Waals surface area contributed by atoms with Gasteiger partial charge in [-0.2, -0.15) is 0 Å². The monoisotopic (exact) mass is 183 g/mol. The van der Waals surface area contributed by atoms with E-state index >= 15 is 0 Å². The molecule has 0 aromatic heterocycles. The van der Waals surface area contributed by atoms with E-state index in [0.29, 0.717) is 12.1 Å². The normalized spacial score (nSPS) is 37.6. The Kier molecular flexibility index (Phi) is 3.23. The van der Waals surface area contributed by atoms with E-state index < -0.39 is 0 Å². The van der Waals surface area contributed by atoms with Crippen LogP contribution in [0.2, 0.25) is 0 Å². The van der Waals surface area contributed by atoms with Crippen molar-refractivity contribution in [3.63, 3.8) is 0 Å². The maximum atomic E-state index is 5.82. The Labute approximate surface area is 81.0 Å². The fourth-order valence-electron chi connectivity index (χ4n) is 2.44. The van der Waals surface area contributed by atoms with E-state index in [0.717, 1.165) is 19.1 Å². The maximum absolute atomic E-state index is 5.82. The van der Waals surface area contributed by atoms with Crippen LogP contribution in [0, 0.1) is 11.8 Å². The Balaban J connectivity index is 1.79. The lowest BCUT2D eigenvalue weighted by atomic mass is 9.87. The topological polar surface area (TPSA) is 21.3 Å². The Hall–Kier alpha value is -0.0800. The summed E-state index contributed by atoms with van der Waals surface area (Å²) in [5.41, 5.74) is 0. The minimum absolute atomic E-state index is 0.372. The zero-order valence-electron chi connectivity index (χ0n) is 8.59. The average molecular weight is 183 g/mol. The molecule has 1 saturated carbocycles. The lowest BCUT2D eigenvalue weighted by Crippen LogP contribution is -2.47. The highest BCUT2D eigenvalue weighted by molar-refractivity contribution is 4.76. The van der Waals surface area contributed by atoms with Gasteiger partial charge in [0.15, 0.2) is 0 Å². The molecule has 2 fully saturated rings. The zero-order chi connectivity index (χ0) is 9.10. The van der Waals surface area contributed by atoms with Crippen LogP contribution < -0.4 is 5.32 Å². The van der Waals surface area contributed by atoms with Gasteiger partial charge in [0.25, 0.3) is 0 Å². The minimum atomic E-state index is 0.372. The Morgan fingerprint density at radius 3 is 2.54 bits per heavy atom. The van der Waals surface area contributed by atoms with Gasteiger partial charge < -0.3 is 4.74 Å². The molecule has 76 valence electrons. The van der Waals surface area contributed by atoms with Crippen molar-refractivity contribution >= 4 is 0 Å². The minimum Gasteiger partial charge on any atom is -0.363 e. The molecule has 13 heavy (non-hydrogen) atoms. The van der Waals surface area contributed by atoms with E-state index in [1.165, 1.54) is 32.1 Å². The maximum Gasteiger partial charge on any atom is 0.110 e. The van der Waals surface area contributed by atoms with Crippen LogP contribution in [0.1, 0.15) is 39.0 Å². The van der Waals surface area contributed by atoms with Crippen molar-refractivity contribution in [3.8, 4) is 0 Å². The van der Waals surface area contributed by atoms with E-state index in [4.69, 9.17) is 4.74 Å². The van der Waals surface area contributed by atoms with Gasteiger partial charge in [-0.1, -0.05) is 26.2 Å². The van der Waals surface area contributed by atoms with Gasteiger partial charge >= 0.3 is 0 Å². The smallest absolute Gasteiger partial charge is 0.110 e. The largest absolute Gasteiger partial charge is 0.363 e. The van der Waals surface area contributed by atoms with Gasteiger partial charge in [-0.15, -0.1) is 0 Å². The van der Waals surface area contributed by atoms with Gasteiger partial charge in [0.2, 0.25) is 0 Å². The van der Waals surface area contributed by atoms with Crippen LogP contribution in [-0.4, -0.2) is 19.4 Å². The molecule has 0 bridgehead atoms. The molecule has 1 saturated heterocycles. The van der Waals surface area contributed by atoms with Crippen molar-refractivity contribution in [3.05, 3.63) is 0 Å². The summed E-state index contributed by atoms with van der Waals surface area (Å²) in [4.78, 5) is 0. The van der Waals surface area contributed by atoms with Gasteiger partial charge in [-0.05, 0) is 24.7 Å². The fraction of sp³-hybridized carbons (Fsp3) is 1.00. The van der Waals surface area contributed by atoms with Gasteiger partial charge in [0.1, 0.15) is 6.23 Å². The highest BCUT2D eigenvalue weighted by Gasteiger charge is 2.27. The van der Waals surface area contributed by atoms with Crippen LogP contribution in [-0.2, 0) is 4.74 Å². The van der Waals surface area contributed by atoms with Crippen molar-refractivity contribution < 1.29 is 4.74 Å². The molecule has 2 rings (SSSR count). The first-order chi connectivity index (χ1) is 6.36. The van der Waals surface area contributed by atoms with Crippen molar-refractivity contribution in [2.45, 2.75) is 45.3 Å². The summed E-state index contributed by atoms with van der Waals surface area (Å²) in [6.07, 6.45) is 7.35. The number of rotatable bonds is 1. The van der Waals surface area contributed by atoms with Crippen molar-refractivity contribution in [1.29, 1.82) is 0 Å². The lowest BCUT2D eigenvalue weighted by molar-refractivity contribution is -0.0642. The molecule has 0 spiro atoms. The standard InChI is InChI=1S/C11H21NO/c1-9-7-12-11(13-8-9)10-5-3-2-4-6-10/h9-12H,2-8H2,1H3. The van der Waals surface area contributed by atoms with Crippen LogP contribution in [0.3, 0.4) is 0 Å². The first-order valence-electron chi connectivity index (χ1n) is 5.71. The second-order valence-corrected chi connectivity index (χ2v) is 4.67. The van der Waals surface area contributed by atoms with Gasteiger partial charge in [0, 0.05) is 6.54 Å². The molecule has 1 N–H and O–H groups in total. The van der Waals surface area contributed by atoms with Crippen molar-refractivity contribution in [2.75, 3.05) is 13.2 Å². The molecule has 0 amide bonds. The predicted molar refractivity (Wildman–Crippen MR) is 53.5 cm³/mol. The summed E-state index contributed by atoms with van der Waals surface area (Å²) in [6, 6.07) is 0. The highest BCUT2D eigenvalue weighted by atomic mass is 16.5. The molecule has 0 aromatic carbocycles. The summed E-state index contributed by atoms with van der Waals surface area (Å²) in [5, 5.41) is 3.52. The molecule has 1 heterocycles. The third-order valence-corrected chi connectivity index (χ3v) is 3.31. The van der Waals surface area contributed by atoms with Crippen LogP contribution in [0.25, 0.3) is 0 Å². The molecular formula is C11H21NO. The third-order valence-electron chi connectivity index (χ3n) is 3.31. The Morgan fingerprint density at radius 1 is 1.15 bits per heavy atom. The SMILES string of the molecule is CC1CNC(C2CCCCC2)OC1. The lowest BCUT2D eigenvalue weighted by Gasteiger charge is -2.35. The molecule has 2 aliphatic rings. The van der Waals surface area contributed by atoms with E-state index in [9.17, 15) is 0 Å². The van der Waals surface area contributed by atoms with Crippen molar-refractivity contribution in [2.24, 2.45) is 11.8 Å². The fourth-order valence-corrected chi connectivity index (χ4v) is 2.44. The Morgan fingerprint density at radius 2 is 1.92 bits per heavy atom. The van der Waals surface area contributed by atoms with E-state index in [1.54, 1.807) is 0 Å². The van der Waals surface area contributed by atoms with Gasteiger partial charge in [-0.3, -0.25) is 5.32 Å². The second kappa shape index (κ2) is 4.43. The highest BCUT2D eigenvalue weighted by Crippen LogP contribution is 2.28. The van der Waals surface area contributed by atoms with Crippen molar-refractivity contribution in [1.82, 2.24) is 5.32 Å². The van der Waals surface area contributed by atoms with E-state index in [-0.39, 0.29) is 0 Å². The number of ether oxygens (including phenoxy) is 1. The second-order valence-electron chi connectivity index (χ2n) is 4.67. The molecular weight excluding hydrogens is 162 g/mol. The number of nitrogens with one attached hydrogen (secondary N) is 1. The molecule has 2 nitrogen and oxygen atoms in total. The zero-order valence-corrected chi connectivity index (χ0v) is 8.59. The summed E-state index contributed by atoms with van der Waals surface area (Å²) in [5.74, 6) is 1.49. The third kappa shape index (κ3) is 2.44. The first kappa shape index (κ1) is 9.47. The molecule has 2 heteroatoms. The predicted octanol–water partition coefficient (Wildman–Crippen LogP) is 2.15. The summed E-state index contributed by atoms with van der Waals surface area (Å²) < 4.78 is 5.82. The molecule has 0 radical (unpaired) electrons.